The number of furan rings is 1. The standard InChI is InChI=1S/C17H18N2O7/c1-24-17(21)15-9-8-12(26-15)11-25-16(20)7-4-10-18-13-5-2-3-6-14(13)19(22)23/h2-3,5-6,8-9,18H,4,7,10-11H2,1H3. The Balaban J connectivity index is 1.70. The molecule has 0 aliphatic rings. The minimum atomic E-state index is -0.608. The number of nitrogens with one attached hydrogen (secondary N) is 1. The van der Waals surface area contributed by atoms with Gasteiger partial charge in [0.05, 0.1) is 12.0 Å². The summed E-state index contributed by atoms with van der Waals surface area (Å²) in [5, 5.41) is 13.8. The molecule has 1 aromatic carbocycles. The molecule has 0 atom stereocenters. The Bertz CT molecular complexity index is 785. The highest BCUT2D eigenvalue weighted by Crippen LogP contribution is 2.23. The van der Waals surface area contributed by atoms with Gasteiger partial charge in [0.2, 0.25) is 5.76 Å². The van der Waals surface area contributed by atoms with Crippen LogP contribution in [0.3, 0.4) is 0 Å². The second-order valence-electron chi connectivity index (χ2n) is 5.22. The highest BCUT2D eigenvalue weighted by molar-refractivity contribution is 5.86. The number of rotatable bonds is 9. The van der Waals surface area contributed by atoms with E-state index in [4.69, 9.17) is 9.15 Å². The smallest absolute Gasteiger partial charge is 0.373 e. The zero-order chi connectivity index (χ0) is 18.9. The van der Waals surface area contributed by atoms with Crippen molar-refractivity contribution in [3.63, 3.8) is 0 Å². The molecule has 0 spiro atoms. The summed E-state index contributed by atoms with van der Waals surface area (Å²) >= 11 is 0. The van der Waals surface area contributed by atoms with E-state index >= 15 is 0 Å². The molecular formula is C17H18N2O7. The fourth-order valence-corrected chi connectivity index (χ4v) is 2.13. The summed E-state index contributed by atoms with van der Waals surface area (Å²) in [6.07, 6.45) is 0.578. The van der Waals surface area contributed by atoms with Gasteiger partial charge >= 0.3 is 11.9 Å². The number of esters is 2. The van der Waals surface area contributed by atoms with Crippen LogP contribution in [0.2, 0.25) is 0 Å². The van der Waals surface area contributed by atoms with Crippen LogP contribution in [0.1, 0.15) is 29.2 Å². The molecule has 0 aliphatic carbocycles. The molecular weight excluding hydrogens is 344 g/mol. The highest BCUT2D eigenvalue weighted by atomic mass is 16.6. The van der Waals surface area contributed by atoms with Gasteiger partial charge in [-0.15, -0.1) is 0 Å². The normalized spacial score (nSPS) is 10.2. The van der Waals surface area contributed by atoms with Crippen LogP contribution in [0.5, 0.6) is 0 Å². The van der Waals surface area contributed by atoms with Crippen LogP contribution < -0.4 is 5.32 Å². The monoisotopic (exact) mass is 362 g/mol. The topological polar surface area (TPSA) is 121 Å². The third kappa shape index (κ3) is 5.33. The van der Waals surface area contributed by atoms with Crippen molar-refractivity contribution in [2.45, 2.75) is 19.4 Å². The van der Waals surface area contributed by atoms with Crippen molar-refractivity contribution in [1.82, 2.24) is 0 Å². The number of nitrogens with zero attached hydrogens (tertiary/aromatic N) is 1. The maximum absolute atomic E-state index is 11.7. The Kier molecular flexibility index (Phi) is 6.72. The second-order valence-corrected chi connectivity index (χ2v) is 5.22. The van der Waals surface area contributed by atoms with Gasteiger partial charge < -0.3 is 19.2 Å². The van der Waals surface area contributed by atoms with Gasteiger partial charge in [0, 0.05) is 19.0 Å². The number of methoxy groups -OCH3 is 1. The Labute approximate surface area is 149 Å². The molecule has 1 heterocycles. The molecule has 0 unspecified atom stereocenters. The van der Waals surface area contributed by atoms with Crippen LogP contribution in [-0.2, 0) is 20.9 Å². The number of anilines is 1. The molecule has 0 bridgehead atoms. The van der Waals surface area contributed by atoms with E-state index in [1.54, 1.807) is 18.2 Å². The Hall–Kier alpha value is -3.36. The predicted molar refractivity (Wildman–Crippen MR) is 90.7 cm³/mol. The third-order valence-corrected chi connectivity index (χ3v) is 3.40. The van der Waals surface area contributed by atoms with Crippen molar-refractivity contribution in [2.75, 3.05) is 19.0 Å². The Morgan fingerprint density at radius 1 is 1.23 bits per heavy atom. The molecule has 26 heavy (non-hydrogen) atoms. The van der Waals surface area contributed by atoms with Crippen LogP contribution in [0.4, 0.5) is 11.4 Å². The molecule has 0 aliphatic heterocycles. The molecule has 0 amide bonds. The number of ether oxygens (including phenoxy) is 2. The van der Waals surface area contributed by atoms with Gasteiger partial charge in [-0.25, -0.2) is 4.79 Å². The summed E-state index contributed by atoms with van der Waals surface area (Å²) in [5.74, 6) is -0.682. The van der Waals surface area contributed by atoms with E-state index in [1.165, 1.54) is 25.3 Å². The second kappa shape index (κ2) is 9.21. The number of benzene rings is 1. The number of carbonyl (C=O) groups is 2. The Morgan fingerprint density at radius 2 is 2.00 bits per heavy atom. The summed E-state index contributed by atoms with van der Waals surface area (Å²) in [7, 11) is 1.24. The number of nitro groups is 1. The van der Waals surface area contributed by atoms with Gasteiger partial charge in [-0.1, -0.05) is 12.1 Å². The molecule has 2 rings (SSSR count). The number of hydrogen-bond donors (Lipinski definition) is 1. The molecule has 9 nitrogen and oxygen atoms in total. The predicted octanol–water partition coefficient (Wildman–Crippen LogP) is 2.91. The lowest BCUT2D eigenvalue weighted by molar-refractivity contribution is -0.384. The third-order valence-electron chi connectivity index (χ3n) is 3.40. The molecule has 0 saturated heterocycles. The summed E-state index contributed by atoms with van der Waals surface area (Å²) in [6, 6.07) is 9.24. The minimum absolute atomic E-state index is 0.0192. The number of hydrogen-bond acceptors (Lipinski definition) is 8. The molecule has 1 N–H and O–H groups in total. The van der Waals surface area contributed by atoms with Crippen LogP contribution in [0.15, 0.2) is 40.8 Å². The number of para-hydroxylation sites is 2. The van der Waals surface area contributed by atoms with Crippen LogP contribution >= 0.6 is 0 Å². The summed E-state index contributed by atoms with van der Waals surface area (Å²) in [4.78, 5) is 33.4. The molecule has 138 valence electrons. The lowest BCUT2D eigenvalue weighted by atomic mass is 10.2. The van der Waals surface area contributed by atoms with Crippen LogP contribution in [0.25, 0.3) is 0 Å². The van der Waals surface area contributed by atoms with Gasteiger partial charge in [0.15, 0.2) is 0 Å². The van der Waals surface area contributed by atoms with E-state index in [1.807, 2.05) is 0 Å². The Morgan fingerprint density at radius 3 is 2.73 bits per heavy atom. The average molecular weight is 362 g/mol. The highest BCUT2D eigenvalue weighted by Gasteiger charge is 2.13. The van der Waals surface area contributed by atoms with E-state index in [9.17, 15) is 19.7 Å². The van der Waals surface area contributed by atoms with E-state index in [-0.39, 0.29) is 24.5 Å². The summed E-state index contributed by atoms with van der Waals surface area (Å²) < 4.78 is 14.7. The maximum atomic E-state index is 11.7. The van der Waals surface area contributed by atoms with Gasteiger partial charge in [-0.05, 0) is 24.6 Å². The molecule has 0 fully saturated rings. The lowest BCUT2D eigenvalue weighted by Gasteiger charge is -2.07. The van der Waals surface area contributed by atoms with E-state index < -0.39 is 16.9 Å². The summed E-state index contributed by atoms with van der Waals surface area (Å²) in [6.45, 7) is 0.292. The van der Waals surface area contributed by atoms with E-state index in [2.05, 4.69) is 10.1 Å². The fraction of sp³-hybridized carbons (Fsp3) is 0.294. The first-order valence-corrected chi connectivity index (χ1v) is 7.81. The van der Waals surface area contributed by atoms with Crippen molar-refractivity contribution in [1.29, 1.82) is 0 Å². The molecule has 1 aromatic heterocycles. The first kappa shape index (κ1) is 19.0. The van der Waals surface area contributed by atoms with Gasteiger partial charge in [-0.3, -0.25) is 14.9 Å². The van der Waals surface area contributed by atoms with Crippen molar-refractivity contribution >= 4 is 23.3 Å². The SMILES string of the molecule is COC(=O)c1ccc(COC(=O)CCCNc2ccccc2[N+](=O)[O-])o1. The van der Waals surface area contributed by atoms with Gasteiger partial charge in [0.25, 0.3) is 5.69 Å². The molecule has 9 heteroatoms. The maximum Gasteiger partial charge on any atom is 0.373 e. The average Bonchev–Trinajstić information content (AvgIpc) is 3.12. The minimum Gasteiger partial charge on any atom is -0.463 e. The van der Waals surface area contributed by atoms with Crippen molar-refractivity contribution < 1.29 is 28.4 Å². The van der Waals surface area contributed by atoms with E-state index in [0.29, 0.717) is 24.4 Å². The van der Waals surface area contributed by atoms with Crippen molar-refractivity contribution in [3.05, 3.63) is 58.0 Å². The molecule has 2 aromatic rings. The first-order valence-electron chi connectivity index (χ1n) is 7.81. The quantitative estimate of drug-likeness (QED) is 0.313. The largest absolute Gasteiger partial charge is 0.463 e. The zero-order valence-corrected chi connectivity index (χ0v) is 14.1. The fourth-order valence-electron chi connectivity index (χ4n) is 2.13. The summed E-state index contributed by atoms with van der Waals surface area (Å²) in [5.41, 5.74) is 0.381. The number of nitro benzene ring substituents is 1. The zero-order valence-electron chi connectivity index (χ0n) is 14.1. The lowest BCUT2D eigenvalue weighted by Crippen LogP contribution is -2.09. The first-order chi connectivity index (χ1) is 12.5. The molecule has 0 saturated carbocycles. The van der Waals surface area contributed by atoms with Crippen LogP contribution in [0, 0.1) is 10.1 Å². The van der Waals surface area contributed by atoms with Gasteiger partial charge in [0.1, 0.15) is 18.1 Å². The van der Waals surface area contributed by atoms with Gasteiger partial charge in [-0.2, -0.15) is 0 Å². The molecule has 0 radical (unpaired) electrons. The van der Waals surface area contributed by atoms with Crippen LogP contribution in [-0.4, -0.2) is 30.5 Å². The van der Waals surface area contributed by atoms with E-state index in [0.717, 1.165) is 0 Å². The van der Waals surface area contributed by atoms with Crippen molar-refractivity contribution in [2.24, 2.45) is 0 Å². The van der Waals surface area contributed by atoms with Crippen molar-refractivity contribution in [3.8, 4) is 0 Å². The number of carbonyl (C=O) groups excluding carboxylic acids is 2.